The molecule has 0 radical (unpaired) electrons. The number of ketones is 1. The van der Waals surface area contributed by atoms with Crippen LogP contribution < -0.4 is 9.64 Å². The SMILES string of the molecule is Cc1cccc(COc2ccc(/C(O)=C3\C(=O)C(=O)N(Cc4ccco4)[C@H]3c3ccc(N(C)C)cc3)cc2)c1. The lowest BCUT2D eigenvalue weighted by Gasteiger charge is -2.25. The van der Waals surface area contributed by atoms with Crippen molar-refractivity contribution in [2.45, 2.75) is 26.1 Å². The molecular weight excluding hydrogens is 492 g/mol. The number of likely N-dealkylation sites (tertiary alicyclic amines) is 1. The summed E-state index contributed by atoms with van der Waals surface area (Å²) in [5.74, 6) is -0.487. The number of benzene rings is 3. The molecule has 1 saturated heterocycles. The number of hydrogen-bond acceptors (Lipinski definition) is 6. The fraction of sp³-hybridized carbons (Fsp3) is 0.188. The first-order chi connectivity index (χ1) is 18.8. The second-order valence-electron chi connectivity index (χ2n) is 9.79. The maximum atomic E-state index is 13.3. The topological polar surface area (TPSA) is 83.2 Å². The van der Waals surface area contributed by atoms with E-state index in [0.717, 1.165) is 16.8 Å². The van der Waals surface area contributed by atoms with Crippen LogP contribution in [0.4, 0.5) is 5.69 Å². The molecule has 1 aliphatic rings. The van der Waals surface area contributed by atoms with Gasteiger partial charge in [0.2, 0.25) is 0 Å². The lowest BCUT2D eigenvalue weighted by Crippen LogP contribution is -2.29. The van der Waals surface area contributed by atoms with Gasteiger partial charge >= 0.3 is 0 Å². The smallest absolute Gasteiger partial charge is 0.296 e. The summed E-state index contributed by atoms with van der Waals surface area (Å²) >= 11 is 0. The monoisotopic (exact) mass is 522 g/mol. The third kappa shape index (κ3) is 5.43. The normalized spacial score (nSPS) is 16.5. The molecule has 1 aliphatic heterocycles. The van der Waals surface area contributed by atoms with E-state index in [9.17, 15) is 14.7 Å². The lowest BCUT2D eigenvalue weighted by atomic mass is 9.95. The number of amides is 1. The van der Waals surface area contributed by atoms with Gasteiger partial charge in [0.05, 0.1) is 24.4 Å². The van der Waals surface area contributed by atoms with Crippen LogP contribution in [0.5, 0.6) is 5.75 Å². The second kappa shape index (κ2) is 10.9. The third-order valence-corrected chi connectivity index (χ3v) is 6.79. The number of aryl methyl sites for hydroxylation is 1. The first-order valence-electron chi connectivity index (χ1n) is 12.7. The van der Waals surface area contributed by atoms with E-state index in [-0.39, 0.29) is 17.9 Å². The number of rotatable bonds is 8. The van der Waals surface area contributed by atoms with Crippen molar-refractivity contribution in [3.8, 4) is 5.75 Å². The summed E-state index contributed by atoms with van der Waals surface area (Å²) in [5.41, 5.74) is 4.36. The van der Waals surface area contributed by atoms with E-state index in [1.807, 2.05) is 68.4 Å². The summed E-state index contributed by atoms with van der Waals surface area (Å²) in [7, 11) is 3.87. The molecule has 7 nitrogen and oxygen atoms in total. The number of carbonyl (C=O) groups excluding carboxylic acids is 2. The van der Waals surface area contributed by atoms with Gasteiger partial charge in [-0.2, -0.15) is 0 Å². The lowest BCUT2D eigenvalue weighted by molar-refractivity contribution is -0.140. The van der Waals surface area contributed by atoms with Gasteiger partial charge in [-0.3, -0.25) is 9.59 Å². The van der Waals surface area contributed by atoms with Gasteiger partial charge in [0.1, 0.15) is 23.9 Å². The molecule has 3 aromatic carbocycles. The zero-order chi connectivity index (χ0) is 27.5. The van der Waals surface area contributed by atoms with Crippen LogP contribution in [-0.4, -0.2) is 35.8 Å². The summed E-state index contributed by atoms with van der Waals surface area (Å²) in [4.78, 5) is 29.9. The first-order valence-corrected chi connectivity index (χ1v) is 12.7. The van der Waals surface area contributed by atoms with Crippen molar-refractivity contribution in [3.05, 3.63) is 125 Å². The molecule has 1 atom stereocenters. The number of aliphatic hydroxyl groups excluding tert-OH is 1. The van der Waals surface area contributed by atoms with Gasteiger partial charge in [0.15, 0.2) is 0 Å². The Bertz CT molecular complexity index is 1500. The largest absolute Gasteiger partial charge is 0.507 e. The highest BCUT2D eigenvalue weighted by molar-refractivity contribution is 6.46. The average Bonchev–Trinajstić information content (AvgIpc) is 3.54. The summed E-state index contributed by atoms with van der Waals surface area (Å²) in [5, 5.41) is 11.4. The fourth-order valence-electron chi connectivity index (χ4n) is 4.75. The van der Waals surface area contributed by atoms with Crippen LogP contribution in [0.25, 0.3) is 5.76 Å². The quantitative estimate of drug-likeness (QED) is 0.177. The van der Waals surface area contributed by atoms with E-state index in [0.29, 0.717) is 29.2 Å². The van der Waals surface area contributed by atoms with Gasteiger partial charge in [-0.05, 0) is 66.6 Å². The number of ether oxygens (including phenoxy) is 1. The van der Waals surface area contributed by atoms with Crippen LogP contribution in [0, 0.1) is 6.92 Å². The van der Waals surface area contributed by atoms with Crippen molar-refractivity contribution in [3.63, 3.8) is 0 Å². The van der Waals surface area contributed by atoms with E-state index >= 15 is 0 Å². The highest BCUT2D eigenvalue weighted by Crippen LogP contribution is 2.41. The highest BCUT2D eigenvalue weighted by atomic mass is 16.5. The minimum Gasteiger partial charge on any atom is -0.507 e. The molecule has 198 valence electrons. The number of Topliss-reactive ketones (excluding diaryl/α,β-unsaturated/α-hetero) is 1. The molecule has 1 amide bonds. The Morgan fingerprint density at radius 3 is 2.36 bits per heavy atom. The maximum Gasteiger partial charge on any atom is 0.296 e. The van der Waals surface area contributed by atoms with E-state index in [1.165, 1.54) is 11.2 Å². The summed E-state index contributed by atoms with van der Waals surface area (Å²) in [6, 6.07) is 25.2. The van der Waals surface area contributed by atoms with Crippen LogP contribution in [-0.2, 0) is 22.7 Å². The van der Waals surface area contributed by atoms with Crippen LogP contribution in [0.2, 0.25) is 0 Å². The number of nitrogens with zero attached hydrogens (tertiary/aromatic N) is 2. The fourth-order valence-corrected chi connectivity index (χ4v) is 4.75. The van der Waals surface area contributed by atoms with Crippen molar-refractivity contribution < 1.29 is 23.8 Å². The molecule has 39 heavy (non-hydrogen) atoms. The Morgan fingerprint density at radius 1 is 0.974 bits per heavy atom. The van der Waals surface area contributed by atoms with Crippen molar-refractivity contribution in [1.82, 2.24) is 4.90 Å². The molecule has 1 fully saturated rings. The molecule has 0 aliphatic carbocycles. The number of aliphatic hydroxyl groups is 1. The van der Waals surface area contributed by atoms with Crippen molar-refractivity contribution in [2.24, 2.45) is 0 Å². The van der Waals surface area contributed by atoms with E-state index < -0.39 is 17.7 Å². The summed E-state index contributed by atoms with van der Waals surface area (Å²) < 4.78 is 11.4. The molecule has 7 heteroatoms. The van der Waals surface area contributed by atoms with Gasteiger partial charge in [0, 0.05) is 25.3 Å². The van der Waals surface area contributed by atoms with Gasteiger partial charge in [-0.1, -0.05) is 42.0 Å². The van der Waals surface area contributed by atoms with Crippen molar-refractivity contribution in [1.29, 1.82) is 0 Å². The predicted octanol–water partition coefficient (Wildman–Crippen LogP) is 5.85. The van der Waals surface area contributed by atoms with Crippen LogP contribution in [0.3, 0.4) is 0 Å². The predicted molar refractivity (Wildman–Crippen MR) is 149 cm³/mol. The number of hydrogen-bond donors (Lipinski definition) is 1. The molecular formula is C32H30N2O5. The molecule has 0 bridgehead atoms. The average molecular weight is 523 g/mol. The van der Waals surface area contributed by atoms with Crippen LogP contribution in [0.15, 0.2) is 101 Å². The Hall–Kier alpha value is -4.78. The molecule has 1 N–H and O–H groups in total. The highest BCUT2D eigenvalue weighted by Gasteiger charge is 2.46. The molecule has 0 unspecified atom stereocenters. The standard InChI is InChI=1S/C32H30N2O5/c1-21-6-4-7-22(18-21)20-39-26-15-11-24(12-16-26)30(35)28-29(23-9-13-25(14-10-23)33(2)3)34(32(37)31(28)36)19-27-8-5-17-38-27/h4-18,29,35H,19-20H2,1-3H3/b30-28+/t29-/m0/s1. The number of furan rings is 1. The number of carbonyl (C=O) groups is 2. The molecule has 4 aromatic rings. The number of anilines is 1. The zero-order valence-electron chi connectivity index (χ0n) is 22.1. The van der Waals surface area contributed by atoms with Gasteiger partial charge in [-0.25, -0.2) is 0 Å². The maximum absolute atomic E-state index is 13.3. The van der Waals surface area contributed by atoms with Crippen LogP contribution >= 0.6 is 0 Å². The van der Waals surface area contributed by atoms with E-state index in [4.69, 9.17) is 9.15 Å². The first kappa shape index (κ1) is 25.9. The minimum absolute atomic E-state index is 0.0394. The van der Waals surface area contributed by atoms with Crippen LogP contribution in [0.1, 0.15) is 34.1 Å². The van der Waals surface area contributed by atoms with Crippen molar-refractivity contribution >= 4 is 23.1 Å². The second-order valence-corrected chi connectivity index (χ2v) is 9.79. The Balaban J connectivity index is 1.47. The van der Waals surface area contributed by atoms with E-state index in [2.05, 4.69) is 6.07 Å². The molecule has 0 saturated carbocycles. The Labute approximate surface area is 227 Å². The molecule has 1 aromatic heterocycles. The zero-order valence-corrected chi connectivity index (χ0v) is 22.1. The third-order valence-electron chi connectivity index (χ3n) is 6.79. The van der Waals surface area contributed by atoms with Gasteiger partial charge in [0.25, 0.3) is 11.7 Å². The summed E-state index contributed by atoms with van der Waals surface area (Å²) in [6.07, 6.45) is 1.52. The molecule has 0 spiro atoms. The summed E-state index contributed by atoms with van der Waals surface area (Å²) in [6.45, 7) is 2.54. The Morgan fingerprint density at radius 2 is 1.72 bits per heavy atom. The van der Waals surface area contributed by atoms with E-state index in [1.54, 1.807) is 36.4 Å². The van der Waals surface area contributed by atoms with Gasteiger partial charge < -0.3 is 24.1 Å². The van der Waals surface area contributed by atoms with Crippen molar-refractivity contribution in [2.75, 3.05) is 19.0 Å². The van der Waals surface area contributed by atoms with Gasteiger partial charge in [-0.15, -0.1) is 0 Å². The minimum atomic E-state index is -0.774. The molecule has 5 rings (SSSR count). The Kier molecular flexibility index (Phi) is 7.23. The molecule has 2 heterocycles.